The summed E-state index contributed by atoms with van der Waals surface area (Å²) in [7, 11) is 0. The van der Waals surface area contributed by atoms with E-state index in [9.17, 15) is 13.9 Å². The fourth-order valence-electron chi connectivity index (χ4n) is 2.01. The molecule has 21 heavy (non-hydrogen) atoms. The highest BCUT2D eigenvalue weighted by molar-refractivity contribution is 5.56. The van der Waals surface area contributed by atoms with Gasteiger partial charge in [-0.3, -0.25) is 0 Å². The van der Waals surface area contributed by atoms with Crippen LogP contribution < -0.4 is 14.8 Å². The molecule has 0 aromatic heterocycles. The van der Waals surface area contributed by atoms with Crippen molar-refractivity contribution in [3.63, 3.8) is 0 Å². The molecular weight excluding hydrogens is 284 g/mol. The van der Waals surface area contributed by atoms with Crippen molar-refractivity contribution in [3.05, 3.63) is 18.2 Å². The number of rotatable bonds is 7. The predicted octanol–water partition coefficient (Wildman–Crippen LogP) is 2.21. The van der Waals surface area contributed by atoms with Crippen LogP contribution in [0, 0.1) is 5.92 Å². The number of aliphatic hydroxyl groups excluding tert-OH is 1. The Kier molecular flexibility index (Phi) is 3.86. The molecule has 3 rings (SSSR count). The molecule has 0 radical (unpaired) electrons. The lowest BCUT2D eigenvalue weighted by molar-refractivity contribution is -0.286. The summed E-state index contributed by atoms with van der Waals surface area (Å²) >= 11 is 0. The molecule has 0 spiro atoms. The first-order valence-electron chi connectivity index (χ1n) is 6.91. The van der Waals surface area contributed by atoms with Crippen molar-refractivity contribution >= 4 is 5.69 Å². The summed E-state index contributed by atoms with van der Waals surface area (Å²) in [5.74, 6) is 0.629. The number of nitrogens with one attached hydrogen (secondary N) is 1. The first kappa shape index (κ1) is 14.3. The van der Waals surface area contributed by atoms with Crippen LogP contribution in [-0.4, -0.2) is 37.3 Å². The molecule has 1 atom stereocenters. The molecule has 1 unspecified atom stereocenters. The molecule has 5 nitrogen and oxygen atoms in total. The van der Waals surface area contributed by atoms with Gasteiger partial charge in [-0.05, 0) is 30.9 Å². The maximum absolute atomic E-state index is 12.9. The van der Waals surface area contributed by atoms with Crippen LogP contribution in [0.25, 0.3) is 0 Å². The van der Waals surface area contributed by atoms with Crippen molar-refractivity contribution in [1.82, 2.24) is 0 Å². The highest BCUT2D eigenvalue weighted by Gasteiger charge is 2.43. The second-order valence-electron chi connectivity index (χ2n) is 5.34. The average Bonchev–Trinajstić information content (AvgIpc) is 3.17. The summed E-state index contributed by atoms with van der Waals surface area (Å²) in [6.07, 6.45) is -1.86. The smallest absolute Gasteiger partial charge is 0.395 e. The molecule has 1 aliphatic carbocycles. The van der Waals surface area contributed by atoms with Crippen LogP contribution in [-0.2, 0) is 4.74 Å². The molecule has 0 amide bonds. The van der Waals surface area contributed by atoms with E-state index in [1.54, 1.807) is 6.07 Å². The van der Waals surface area contributed by atoms with Crippen molar-refractivity contribution in [1.29, 1.82) is 0 Å². The van der Waals surface area contributed by atoms with Gasteiger partial charge in [0.25, 0.3) is 0 Å². The van der Waals surface area contributed by atoms with Crippen molar-refractivity contribution < 1.29 is 28.1 Å². The zero-order chi connectivity index (χ0) is 14.9. The largest absolute Gasteiger partial charge is 0.586 e. The van der Waals surface area contributed by atoms with Gasteiger partial charge in [-0.1, -0.05) is 0 Å². The molecule has 7 heteroatoms. The molecule has 2 N–H and O–H groups in total. The van der Waals surface area contributed by atoms with Gasteiger partial charge in [0.1, 0.15) is 0 Å². The van der Waals surface area contributed by atoms with E-state index in [1.165, 1.54) is 25.0 Å². The zero-order valence-electron chi connectivity index (χ0n) is 11.4. The van der Waals surface area contributed by atoms with Crippen molar-refractivity contribution in [3.8, 4) is 11.5 Å². The van der Waals surface area contributed by atoms with E-state index >= 15 is 0 Å². The molecule has 0 bridgehead atoms. The number of fused-ring (bicyclic) bond motifs is 1. The Morgan fingerprint density at radius 1 is 1.33 bits per heavy atom. The molecular formula is C14H17F2NO4. The van der Waals surface area contributed by atoms with Gasteiger partial charge in [-0.2, -0.15) is 0 Å². The van der Waals surface area contributed by atoms with E-state index in [1.807, 2.05) is 0 Å². The third-order valence-electron chi connectivity index (χ3n) is 3.30. The minimum atomic E-state index is -3.61. The number of hydrogen-bond donors (Lipinski definition) is 2. The highest BCUT2D eigenvalue weighted by atomic mass is 19.3. The average molecular weight is 301 g/mol. The van der Waals surface area contributed by atoms with Gasteiger partial charge >= 0.3 is 6.29 Å². The third-order valence-corrected chi connectivity index (χ3v) is 3.30. The van der Waals surface area contributed by atoms with Gasteiger partial charge in [0.2, 0.25) is 0 Å². The van der Waals surface area contributed by atoms with Crippen molar-refractivity contribution in [2.75, 3.05) is 25.1 Å². The topological polar surface area (TPSA) is 60.0 Å². The lowest BCUT2D eigenvalue weighted by Crippen LogP contribution is -2.26. The van der Waals surface area contributed by atoms with Crippen LogP contribution in [0.3, 0.4) is 0 Å². The SMILES string of the molecule is OC(CNc1ccc2c(c1)OC(F)(F)O2)COCC1CC1. The van der Waals surface area contributed by atoms with Gasteiger partial charge in [-0.15, -0.1) is 8.78 Å². The normalized spacial score (nSPS) is 20.3. The van der Waals surface area contributed by atoms with Crippen LogP contribution in [0.1, 0.15) is 12.8 Å². The minimum absolute atomic E-state index is 0.00105. The van der Waals surface area contributed by atoms with Gasteiger partial charge in [-0.25, -0.2) is 0 Å². The standard InChI is InChI=1S/C14H17F2NO4/c15-14(16)20-12-4-3-10(5-13(12)21-14)17-6-11(18)8-19-7-9-1-2-9/h3-5,9,11,17-18H,1-2,6-8H2. The monoisotopic (exact) mass is 301 g/mol. The van der Waals surface area contributed by atoms with E-state index in [2.05, 4.69) is 14.8 Å². The molecule has 1 fully saturated rings. The van der Waals surface area contributed by atoms with Gasteiger partial charge in [0.05, 0.1) is 12.7 Å². The number of ether oxygens (including phenoxy) is 3. The third kappa shape index (κ3) is 3.95. The van der Waals surface area contributed by atoms with Crippen LogP contribution in [0.4, 0.5) is 14.5 Å². The van der Waals surface area contributed by atoms with Crippen molar-refractivity contribution in [2.24, 2.45) is 5.92 Å². The van der Waals surface area contributed by atoms with Gasteiger partial charge in [0.15, 0.2) is 11.5 Å². The Labute approximate surface area is 120 Å². The van der Waals surface area contributed by atoms with Crippen LogP contribution in [0.5, 0.6) is 11.5 Å². The number of alkyl halides is 2. The van der Waals surface area contributed by atoms with E-state index in [-0.39, 0.29) is 24.7 Å². The first-order chi connectivity index (χ1) is 10.0. The molecule has 2 aliphatic rings. The Balaban J connectivity index is 1.45. The Bertz CT molecular complexity index is 508. The summed E-state index contributed by atoms with van der Waals surface area (Å²) in [6, 6.07) is 4.39. The zero-order valence-corrected chi connectivity index (χ0v) is 11.4. The van der Waals surface area contributed by atoms with Crippen molar-refractivity contribution in [2.45, 2.75) is 25.2 Å². The maximum Gasteiger partial charge on any atom is 0.586 e. The molecule has 1 heterocycles. The predicted molar refractivity (Wildman–Crippen MR) is 70.7 cm³/mol. The summed E-state index contributed by atoms with van der Waals surface area (Å²) in [5.41, 5.74) is 0.566. The fourth-order valence-corrected chi connectivity index (χ4v) is 2.01. The maximum atomic E-state index is 12.9. The van der Waals surface area contributed by atoms with E-state index in [4.69, 9.17) is 4.74 Å². The molecule has 1 aromatic rings. The number of aliphatic hydroxyl groups is 1. The quantitative estimate of drug-likeness (QED) is 0.808. The molecule has 0 saturated heterocycles. The Hall–Kier alpha value is -1.60. The lowest BCUT2D eigenvalue weighted by atomic mass is 10.2. The second kappa shape index (κ2) is 5.65. The molecule has 1 aromatic carbocycles. The van der Waals surface area contributed by atoms with E-state index in [0.29, 0.717) is 18.2 Å². The Morgan fingerprint density at radius 2 is 2.10 bits per heavy atom. The second-order valence-corrected chi connectivity index (χ2v) is 5.34. The number of hydrogen-bond acceptors (Lipinski definition) is 5. The highest BCUT2D eigenvalue weighted by Crippen LogP contribution is 2.42. The van der Waals surface area contributed by atoms with Gasteiger partial charge in [0, 0.05) is 24.9 Å². The molecule has 1 saturated carbocycles. The number of benzene rings is 1. The summed E-state index contributed by atoms with van der Waals surface area (Å²) in [5, 5.41) is 12.7. The van der Waals surface area contributed by atoms with E-state index in [0.717, 1.165) is 0 Å². The van der Waals surface area contributed by atoms with E-state index < -0.39 is 12.4 Å². The summed E-state index contributed by atoms with van der Waals surface area (Å²) in [4.78, 5) is 0. The summed E-state index contributed by atoms with van der Waals surface area (Å²) < 4.78 is 39.8. The van der Waals surface area contributed by atoms with Crippen LogP contribution in [0.15, 0.2) is 18.2 Å². The fraction of sp³-hybridized carbons (Fsp3) is 0.571. The number of halogens is 2. The first-order valence-corrected chi connectivity index (χ1v) is 6.91. The van der Waals surface area contributed by atoms with Gasteiger partial charge < -0.3 is 24.6 Å². The molecule has 116 valence electrons. The summed E-state index contributed by atoms with van der Waals surface area (Å²) in [6.45, 7) is 1.21. The lowest BCUT2D eigenvalue weighted by Gasteiger charge is -2.13. The number of anilines is 1. The molecule has 1 aliphatic heterocycles. The Morgan fingerprint density at radius 3 is 2.86 bits per heavy atom. The van der Waals surface area contributed by atoms with Crippen LogP contribution >= 0.6 is 0 Å². The van der Waals surface area contributed by atoms with Crippen LogP contribution in [0.2, 0.25) is 0 Å². The minimum Gasteiger partial charge on any atom is -0.395 e.